The zero-order valence-corrected chi connectivity index (χ0v) is 11.9. The van der Waals surface area contributed by atoms with E-state index in [4.69, 9.17) is 10.5 Å². The smallest absolute Gasteiger partial charge is 0.140 e. The lowest BCUT2D eigenvalue weighted by atomic mass is 10.1. The molecule has 1 aromatic heterocycles. The molecule has 0 radical (unpaired) electrons. The maximum Gasteiger partial charge on any atom is 0.140 e. The number of hydrogen-bond donors (Lipinski definition) is 1. The number of thiazole rings is 1. The summed E-state index contributed by atoms with van der Waals surface area (Å²) in [6.45, 7) is 1.18. The van der Waals surface area contributed by atoms with Crippen LogP contribution in [0.5, 0.6) is 5.75 Å². The maximum atomic E-state index is 5.77. The van der Waals surface area contributed by atoms with E-state index in [1.807, 2.05) is 30.3 Å². The molecule has 0 bridgehead atoms. The van der Waals surface area contributed by atoms with Crippen molar-refractivity contribution in [3.05, 3.63) is 59.1 Å². The number of aromatic nitrogens is 1. The second-order valence-electron chi connectivity index (χ2n) is 4.55. The molecule has 0 aliphatic carbocycles. The van der Waals surface area contributed by atoms with Crippen molar-refractivity contribution in [1.82, 2.24) is 4.98 Å². The zero-order valence-electron chi connectivity index (χ0n) is 11.1. The highest BCUT2D eigenvalue weighted by Crippen LogP contribution is 2.23. The van der Waals surface area contributed by atoms with Gasteiger partial charge in [-0.3, -0.25) is 0 Å². The molecule has 0 unspecified atom stereocenters. The Kier molecular flexibility index (Phi) is 3.95. The SMILES string of the molecule is NCCc1ccc(OCc2nc3ccccc3s2)cc1. The van der Waals surface area contributed by atoms with Gasteiger partial charge in [0.05, 0.1) is 10.2 Å². The molecule has 2 aromatic carbocycles. The van der Waals surface area contributed by atoms with Crippen molar-refractivity contribution in [3.8, 4) is 5.75 Å². The van der Waals surface area contributed by atoms with Gasteiger partial charge in [0.1, 0.15) is 17.4 Å². The Morgan fingerprint density at radius 1 is 1.05 bits per heavy atom. The number of benzene rings is 2. The van der Waals surface area contributed by atoms with E-state index in [0.717, 1.165) is 22.7 Å². The molecule has 0 saturated carbocycles. The molecule has 20 heavy (non-hydrogen) atoms. The van der Waals surface area contributed by atoms with E-state index in [1.54, 1.807) is 11.3 Å². The van der Waals surface area contributed by atoms with Crippen molar-refractivity contribution >= 4 is 21.6 Å². The monoisotopic (exact) mass is 284 g/mol. The van der Waals surface area contributed by atoms with Crippen molar-refractivity contribution in [2.45, 2.75) is 13.0 Å². The van der Waals surface area contributed by atoms with Crippen molar-refractivity contribution < 1.29 is 4.74 Å². The molecule has 3 aromatic rings. The van der Waals surface area contributed by atoms with Crippen LogP contribution in [0, 0.1) is 0 Å². The van der Waals surface area contributed by atoms with E-state index in [2.05, 4.69) is 23.2 Å². The molecule has 0 spiro atoms. The summed E-state index contributed by atoms with van der Waals surface area (Å²) in [4.78, 5) is 4.55. The first-order chi connectivity index (χ1) is 9.85. The van der Waals surface area contributed by atoms with Crippen LogP contribution in [0.25, 0.3) is 10.2 Å². The highest BCUT2D eigenvalue weighted by Gasteiger charge is 2.04. The predicted molar refractivity (Wildman–Crippen MR) is 83.2 cm³/mol. The molecule has 0 saturated heterocycles. The molecular weight excluding hydrogens is 268 g/mol. The average Bonchev–Trinajstić information content (AvgIpc) is 2.90. The normalized spacial score (nSPS) is 10.8. The van der Waals surface area contributed by atoms with Gasteiger partial charge in [-0.15, -0.1) is 11.3 Å². The van der Waals surface area contributed by atoms with Crippen LogP contribution in [0.1, 0.15) is 10.6 Å². The Morgan fingerprint density at radius 2 is 1.85 bits per heavy atom. The Morgan fingerprint density at radius 3 is 2.60 bits per heavy atom. The van der Waals surface area contributed by atoms with E-state index in [-0.39, 0.29) is 0 Å². The third kappa shape index (κ3) is 2.98. The number of fused-ring (bicyclic) bond motifs is 1. The summed E-state index contributed by atoms with van der Waals surface area (Å²) in [6, 6.07) is 16.2. The molecule has 1 heterocycles. The number of nitrogens with zero attached hydrogens (tertiary/aromatic N) is 1. The van der Waals surface area contributed by atoms with Crippen molar-refractivity contribution in [1.29, 1.82) is 0 Å². The first kappa shape index (κ1) is 13.1. The number of rotatable bonds is 5. The van der Waals surface area contributed by atoms with Crippen molar-refractivity contribution in [2.24, 2.45) is 5.73 Å². The third-order valence-electron chi connectivity index (χ3n) is 3.06. The summed E-state index contributed by atoms with van der Waals surface area (Å²) in [5, 5.41) is 0.997. The fraction of sp³-hybridized carbons (Fsp3) is 0.188. The highest BCUT2D eigenvalue weighted by molar-refractivity contribution is 7.18. The standard InChI is InChI=1S/C16H16N2OS/c17-10-9-12-5-7-13(8-6-12)19-11-16-18-14-3-1-2-4-15(14)20-16/h1-8H,9-11,17H2. The zero-order chi connectivity index (χ0) is 13.8. The summed E-state index contributed by atoms with van der Waals surface area (Å²) in [6.07, 6.45) is 0.901. The summed E-state index contributed by atoms with van der Waals surface area (Å²) in [5.41, 5.74) is 7.80. The van der Waals surface area contributed by atoms with Gasteiger partial charge in [0, 0.05) is 0 Å². The third-order valence-corrected chi connectivity index (χ3v) is 4.07. The Hall–Kier alpha value is -1.91. The molecule has 0 aliphatic heterocycles. The molecule has 0 fully saturated rings. The molecule has 0 amide bonds. The number of ether oxygens (including phenoxy) is 1. The van der Waals surface area contributed by atoms with Crippen molar-refractivity contribution in [2.75, 3.05) is 6.54 Å². The summed E-state index contributed by atoms with van der Waals surface area (Å²) in [7, 11) is 0. The van der Waals surface area contributed by atoms with Crippen molar-refractivity contribution in [3.63, 3.8) is 0 Å². The fourth-order valence-electron chi connectivity index (χ4n) is 2.05. The molecule has 4 heteroatoms. The second kappa shape index (κ2) is 6.03. The second-order valence-corrected chi connectivity index (χ2v) is 5.66. The number of nitrogens with two attached hydrogens (primary N) is 1. The predicted octanol–water partition coefficient (Wildman–Crippen LogP) is 3.38. The minimum absolute atomic E-state index is 0.510. The Bertz CT molecular complexity index is 658. The van der Waals surface area contributed by atoms with Gasteiger partial charge in [0.2, 0.25) is 0 Å². The van der Waals surface area contributed by atoms with Crippen LogP contribution in [-0.4, -0.2) is 11.5 Å². The minimum atomic E-state index is 0.510. The highest BCUT2D eigenvalue weighted by atomic mass is 32.1. The minimum Gasteiger partial charge on any atom is -0.486 e. The van der Waals surface area contributed by atoms with E-state index >= 15 is 0 Å². The van der Waals surface area contributed by atoms with Gasteiger partial charge in [0.25, 0.3) is 0 Å². The topological polar surface area (TPSA) is 48.1 Å². The van der Waals surface area contributed by atoms with E-state index in [9.17, 15) is 0 Å². The Balaban J connectivity index is 1.66. The largest absolute Gasteiger partial charge is 0.486 e. The summed E-state index contributed by atoms with van der Waals surface area (Å²) >= 11 is 1.68. The van der Waals surface area contributed by atoms with Gasteiger partial charge in [0.15, 0.2) is 0 Å². The first-order valence-corrected chi connectivity index (χ1v) is 7.43. The quantitative estimate of drug-likeness (QED) is 0.781. The fourth-order valence-corrected chi connectivity index (χ4v) is 2.93. The number of para-hydroxylation sites is 1. The lowest BCUT2D eigenvalue weighted by Crippen LogP contribution is -2.02. The van der Waals surface area contributed by atoms with Crippen LogP contribution in [0.3, 0.4) is 0 Å². The van der Waals surface area contributed by atoms with Gasteiger partial charge >= 0.3 is 0 Å². The van der Waals surface area contributed by atoms with E-state index < -0.39 is 0 Å². The van der Waals surface area contributed by atoms with Gasteiger partial charge < -0.3 is 10.5 Å². The van der Waals surface area contributed by atoms with Gasteiger partial charge in [-0.1, -0.05) is 24.3 Å². The van der Waals surface area contributed by atoms with Crippen LogP contribution in [-0.2, 0) is 13.0 Å². The molecule has 102 valence electrons. The lowest BCUT2D eigenvalue weighted by Gasteiger charge is -2.05. The number of hydrogen-bond acceptors (Lipinski definition) is 4. The van der Waals surface area contributed by atoms with Crippen LogP contribution in [0.15, 0.2) is 48.5 Å². The van der Waals surface area contributed by atoms with Crippen LogP contribution >= 0.6 is 11.3 Å². The molecule has 3 rings (SSSR count). The summed E-state index contributed by atoms with van der Waals surface area (Å²) in [5.74, 6) is 0.866. The van der Waals surface area contributed by atoms with Gasteiger partial charge in [-0.2, -0.15) is 0 Å². The molecule has 0 aliphatic rings. The van der Waals surface area contributed by atoms with Crippen LogP contribution in [0.2, 0.25) is 0 Å². The van der Waals surface area contributed by atoms with Crippen LogP contribution in [0.4, 0.5) is 0 Å². The van der Waals surface area contributed by atoms with Crippen LogP contribution < -0.4 is 10.5 Å². The molecule has 3 nitrogen and oxygen atoms in total. The molecular formula is C16H16N2OS. The molecule has 2 N–H and O–H groups in total. The Labute approximate surface area is 122 Å². The van der Waals surface area contributed by atoms with E-state index in [0.29, 0.717) is 13.2 Å². The first-order valence-electron chi connectivity index (χ1n) is 6.61. The lowest BCUT2D eigenvalue weighted by molar-refractivity contribution is 0.306. The summed E-state index contributed by atoms with van der Waals surface area (Å²) < 4.78 is 6.97. The average molecular weight is 284 g/mol. The van der Waals surface area contributed by atoms with E-state index in [1.165, 1.54) is 10.3 Å². The van der Waals surface area contributed by atoms with Gasteiger partial charge in [-0.25, -0.2) is 4.98 Å². The van der Waals surface area contributed by atoms with Gasteiger partial charge in [-0.05, 0) is 42.8 Å². The maximum absolute atomic E-state index is 5.77. The molecule has 0 atom stereocenters.